The lowest BCUT2D eigenvalue weighted by Gasteiger charge is -2.08. The van der Waals surface area contributed by atoms with E-state index in [1.807, 2.05) is 60.7 Å². The van der Waals surface area contributed by atoms with Gasteiger partial charge in [-0.25, -0.2) is 0 Å². The number of benzene rings is 2. The number of hydrogen-bond donors (Lipinski definition) is 0. The van der Waals surface area contributed by atoms with Crippen LogP contribution in [0, 0.1) is 11.3 Å². The lowest BCUT2D eigenvalue weighted by atomic mass is 10.2. The van der Waals surface area contributed by atoms with Gasteiger partial charge >= 0.3 is 0 Å². The highest BCUT2D eigenvalue weighted by molar-refractivity contribution is 7.99. The summed E-state index contributed by atoms with van der Waals surface area (Å²) in [6, 6.07) is 22.2. The number of hydrogen-bond acceptors (Lipinski definition) is 2. The number of nitriles is 1. The molecule has 78 valence electrons. The first-order valence-electron chi connectivity index (χ1n) is 5.06. The van der Waals surface area contributed by atoms with Crippen LogP contribution in [0.25, 0.3) is 0 Å². The van der Waals surface area contributed by atoms with Gasteiger partial charge in [-0.2, -0.15) is 5.26 Å². The smallest absolute Gasteiger partial charge is 0.121 e. The number of thioether (sulfide) groups is 1. The highest BCUT2D eigenvalue weighted by Crippen LogP contribution is 2.34. The topological polar surface area (TPSA) is 23.8 Å². The first kappa shape index (κ1) is 10.8. The second-order valence-electron chi connectivity index (χ2n) is 3.35. The van der Waals surface area contributed by atoms with Crippen LogP contribution in [0.4, 0.5) is 0 Å². The molecule has 2 rings (SSSR count). The van der Waals surface area contributed by atoms with Gasteiger partial charge < -0.3 is 0 Å². The molecule has 2 aromatic rings. The van der Waals surface area contributed by atoms with Gasteiger partial charge in [-0.15, -0.1) is 11.8 Å². The maximum absolute atomic E-state index is 9.17. The zero-order chi connectivity index (χ0) is 11.2. The molecule has 0 amide bonds. The minimum Gasteiger partial charge on any atom is -0.197 e. The van der Waals surface area contributed by atoms with Gasteiger partial charge in [0.1, 0.15) is 5.25 Å². The zero-order valence-electron chi connectivity index (χ0n) is 8.71. The van der Waals surface area contributed by atoms with Crippen LogP contribution >= 0.6 is 11.8 Å². The van der Waals surface area contributed by atoms with Crippen molar-refractivity contribution in [1.29, 1.82) is 5.26 Å². The molecular weight excluding hydrogens is 214 g/mol. The fourth-order valence-corrected chi connectivity index (χ4v) is 2.36. The first-order valence-corrected chi connectivity index (χ1v) is 5.94. The van der Waals surface area contributed by atoms with E-state index in [1.54, 1.807) is 11.8 Å². The lowest BCUT2D eigenvalue weighted by Crippen LogP contribution is -1.89. The van der Waals surface area contributed by atoms with Crippen LogP contribution in [0.1, 0.15) is 10.8 Å². The molecule has 0 saturated carbocycles. The minimum absolute atomic E-state index is 0.136. The highest BCUT2D eigenvalue weighted by atomic mass is 32.2. The third kappa shape index (κ3) is 2.65. The molecule has 0 fully saturated rings. The summed E-state index contributed by atoms with van der Waals surface area (Å²) in [4.78, 5) is 1.12. The molecule has 0 bridgehead atoms. The summed E-state index contributed by atoms with van der Waals surface area (Å²) in [6.45, 7) is 0. The van der Waals surface area contributed by atoms with E-state index in [0.717, 1.165) is 10.5 Å². The Balaban J connectivity index is 2.17. The Kier molecular flexibility index (Phi) is 3.63. The second kappa shape index (κ2) is 5.39. The van der Waals surface area contributed by atoms with Crippen LogP contribution in [-0.2, 0) is 0 Å². The molecule has 0 N–H and O–H groups in total. The maximum Gasteiger partial charge on any atom is 0.121 e. The van der Waals surface area contributed by atoms with Crippen molar-refractivity contribution in [3.63, 3.8) is 0 Å². The normalized spacial score (nSPS) is 11.7. The van der Waals surface area contributed by atoms with Gasteiger partial charge in [0.05, 0.1) is 6.07 Å². The lowest BCUT2D eigenvalue weighted by molar-refractivity contribution is 1.22. The molecule has 0 saturated heterocycles. The summed E-state index contributed by atoms with van der Waals surface area (Å²) in [5.41, 5.74) is 1.05. The molecule has 0 aliphatic heterocycles. The molecular formula is C14H11NS. The van der Waals surface area contributed by atoms with E-state index in [4.69, 9.17) is 5.26 Å². The van der Waals surface area contributed by atoms with E-state index in [-0.39, 0.29) is 5.25 Å². The molecule has 0 spiro atoms. The summed E-state index contributed by atoms with van der Waals surface area (Å²) in [6.07, 6.45) is 0. The van der Waals surface area contributed by atoms with E-state index in [9.17, 15) is 0 Å². The van der Waals surface area contributed by atoms with E-state index >= 15 is 0 Å². The molecule has 0 aromatic heterocycles. The Bertz CT molecular complexity index is 473. The third-order valence-corrected chi connectivity index (χ3v) is 3.37. The van der Waals surface area contributed by atoms with E-state index in [0.29, 0.717) is 0 Å². The molecule has 0 unspecified atom stereocenters. The van der Waals surface area contributed by atoms with E-state index < -0.39 is 0 Å². The van der Waals surface area contributed by atoms with Gasteiger partial charge in [-0.05, 0) is 17.7 Å². The molecule has 1 atom stereocenters. The SMILES string of the molecule is N#C[C@H](Sc1ccccc1)c1ccccc1. The molecule has 0 heterocycles. The monoisotopic (exact) mass is 225 g/mol. The largest absolute Gasteiger partial charge is 0.197 e. The van der Waals surface area contributed by atoms with Crippen LogP contribution in [0.15, 0.2) is 65.6 Å². The van der Waals surface area contributed by atoms with Gasteiger partial charge in [0, 0.05) is 4.90 Å². The predicted octanol–water partition coefficient (Wildman–Crippen LogP) is 4.04. The van der Waals surface area contributed by atoms with Crippen molar-refractivity contribution < 1.29 is 0 Å². The summed E-state index contributed by atoms with van der Waals surface area (Å²) >= 11 is 1.58. The average Bonchev–Trinajstić information content (AvgIpc) is 2.38. The molecule has 0 radical (unpaired) electrons. The van der Waals surface area contributed by atoms with Gasteiger partial charge in [0.2, 0.25) is 0 Å². The van der Waals surface area contributed by atoms with E-state index in [1.165, 1.54) is 0 Å². The average molecular weight is 225 g/mol. The summed E-state index contributed by atoms with van der Waals surface area (Å²) in [5.74, 6) is 0. The molecule has 0 aliphatic carbocycles. The molecule has 16 heavy (non-hydrogen) atoms. The van der Waals surface area contributed by atoms with Gasteiger partial charge in [0.25, 0.3) is 0 Å². The Labute approximate surface area is 99.7 Å². The molecule has 2 heteroatoms. The van der Waals surface area contributed by atoms with Crippen molar-refractivity contribution >= 4 is 11.8 Å². The number of rotatable bonds is 3. The van der Waals surface area contributed by atoms with Crippen LogP contribution in [0.5, 0.6) is 0 Å². The Morgan fingerprint density at radius 2 is 1.44 bits per heavy atom. The molecule has 1 nitrogen and oxygen atoms in total. The van der Waals surface area contributed by atoms with Gasteiger partial charge in [-0.3, -0.25) is 0 Å². The van der Waals surface area contributed by atoms with Crippen LogP contribution in [0.2, 0.25) is 0 Å². The highest BCUT2D eigenvalue weighted by Gasteiger charge is 2.10. The fraction of sp³-hybridized carbons (Fsp3) is 0.0714. The fourth-order valence-electron chi connectivity index (χ4n) is 1.43. The summed E-state index contributed by atoms with van der Waals surface area (Å²) in [7, 11) is 0. The number of nitrogens with zero attached hydrogens (tertiary/aromatic N) is 1. The summed E-state index contributed by atoms with van der Waals surface area (Å²) < 4.78 is 0. The second-order valence-corrected chi connectivity index (χ2v) is 4.53. The maximum atomic E-state index is 9.17. The van der Waals surface area contributed by atoms with Crippen molar-refractivity contribution in [3.8, 4) is 6.07 Å². The van der Waals surface area contributed by atoms with Gasteiger partial charge in [0.15, 0.2) is 0 Å². The Morgan fingerprint density at radius 1 is 0.875 bits per heavy atom. The van der Waals surface area contributed by atoms with Crippen molar-refractivity contribution in [3.05, 3.63) is 66.2 Å². The molecule has 0 aliphatic rings. The Morgan fingerprint density at radius 3 is 2.00 bits per heavy atom. The zero-order valence-corrected chi connectivity index (χ0v) is 9.52. The quantitative estimate of drug-likeness (QED) is 0.736. The molecule has 2 aromatic carbocycles. The van der Waals surface area contributed by atoms with Crippen molar-refractivity contribution in [2.45, 2.75) is 10.1 Å². The van der Waals surface area contributed by atoms with Crippen LogP contribution in [0.3, 0.4) is 0 Å². The standard InChI is InChI=1S/C14H11NS/c15-11-14(12-7-3-1-4-8-12)16-13-9-5-2-6-10-13/h1-10,14H/t14-/m0/s1. The van der Waals surface area contributed by atoms with Crippen LogP contribution in [-0.4, -0.2) is 0 Å². The Hall–Kier alpha value is -1.72. The van der Waals surface area contributed by atoms with Crippen molar-refractivity contribution in [1.82, 2.24) is 0 Å². The predicted molar refractivity (Wildman–Crippen MR) is 67.1 cm³/mol. The van der Waals surface area contributed by atoms with Crippen molar-refractivity contribution in [2.75, 3.05) is 0 Å². The van der Waals surface area contributed by atoms with E-state index in [2.05, 4.69) is 6.07 Å². The van der Waals surface area contributed by atoms with Gasteiger partial charge in [-0.1, -0.05) is 48.5 Å². The van der Waals surface area contributed by atoms with Crippen molar-refractivity contribution in [2.24, 2.45) is 0 Å². The first-order chi connectivity index (χ1) is 7.90. The summed E-state index contributed by atoms with van der Waals surface area (Å²) in [5, 5.41) is 9.03. The van der Waals surface area contributed by atoms with Crippen LogP contribution < -0.4 is 0 Å². The third-order valence-electron chi connectivity index (χ3n) is 2.22. The minimum atomic E-state index is -0.136.